The molecule has 1 aliphatic carbocycles. The zero-order valence-electron chi connectivity index (χ0n) is 11.7. The molecule has 1 heterocycles. The molecule has 0 aromatic carbocycles. The van der Waals surface area contributed by atoms with E-state index in [1.807, 2.05) is 13.0 Å². The fraction of sp³-hybridized carbons (Fsp3) is 0.714. The van der Waals surface area contributed by atoms with Crippen molar-refractivity contribution < 1.29 is 4.79 Å². The van der Waals surface area contributed by atoms with Crippen LogP contribution in [0.4, 0.5) is 0 Å². The van der Waals surface area contributed by atoms with Crippen molar-refractivity contribution in [3.05, 3.63) is 18.0 Å². The summed E-state index contributed by atoms with van der Waals surface area (Å²) in [6.45, 7) is 3.60. The maximum Gasteiger partial charge on any atom is 0.233 e. The lowest BCUT2D eigenvalue weighted by Gasteiger charge is -2.21. The van der Waals surface area contributed by atoms with E-state index in [0.717, 1.165) is 5.69 Å². The zero-order valence-corrected chi connectivity index (χ0v) is 11.7. The number of carbonyl (C=O) groups is 1. The predicted octanol–water partition coefficient (Wildman–Crippen LogP) is 1.61. The summed E-state index contributed by atoms with van der Waals surface area (Å²) >= 11 is 0. The smallest absolute Gasteiger partial charge is 0.233 e. The van der Waals surface area contributed by atoms with E-state index in [1.54, 1.807) is 0 Å². The van der Waals surface area contributed by atoms with E-state index in [2.05, 4.69) is 26.6 Å². The number of rotatable bonds is 6. The summed E-state index contributed by atoms with van der Waals surface area (Å²) in [5.41, 5.74) is 1.01. The number of hydrogen-bond acceptors (Lipinski definition) is 3. The van der Waals surface area contributed by atoms with Crippen LogP contribution in [0.1, 0.15) is 50.8 Å². The lowest BCUT2D eigenvalue weighted by atomic mass is 9.96. The maximum atomic E-state index is 11.3. The molecule has 0 saturated heterocycles. The van der Waals surface area contributed by atoms with Crippen LogP contribution in [-0.2, 0) is 11.3 Å². The van der Waals surface area contributed by atoms with Crippen LogP contribution in [0, 0.1) is 0 Å². The maximum absolute atomic E-state index is 11.3. The highest BCUT2D eigenvalue weighted by Gasteiger charge is 2.15. The second-order valence-corrected chi connectivity index (χ2v) is 5.14. The molecule has 2 N–H and O–H groups in total. The molecular weight excluding hydrogens is 240 g/mol. The fourth-order valence-electron chi connectivity index (χ4n) is 2.58. The fourth-order valence-corrected chi connectivity index (χ4v) is 2.58. The second-order valence-electron chi connectivity index (χ2n) is 5.14. The summed E-state index contributed by atoms with van der Waals surface area (Å²) in [5, 5.41) is 10.5. The van der Waals surface area contributed by atoms with Crippen molar-refractivity contribution in [2.45, 2.75) is 51.6 Å². The van der Waals surface area contributed by atoms with Crippen LogP contribution in [0.2, 0.25) is 0 Å². The zero-order chi connectivity index (χ0) is 13.5. The van der Waals surface area contributed by atoms with Crippen molar-refractivity contribution in [1.29, 1.82) is 0 Å². The molecule has 0 aliphatic heterocycles. The van der Waals surface area contributed by atoms with E-state index in [1.165, 1.54) is 32.1 Å². The van der Waals surface area contributed by atoms with Gasteiger partial charge in [-0.3, -0.25) is 9.48 Å². The molecule has 1 aromatic heterocycles. The van der Waals surface area contributed by atoms with Gasteiger partial charge in [-0.1, -0.05) is 19.3 Å². The molecule has 5 heteroatoms. The molecule has 0 bridgehead atoms. The van der Waals surface area contributed by atoms with Crippen LogP contribution in [0.3, 0.4) is 0 Å². The summed E-state index contributed by atoms with van der Waals surface area (Å²) in [6.07, 6.45) is 8.54. The van der Waals surface area contributed by atoms with Gasteiger partial charge in [-0.05, 0) is 25.8 Å². The standard InChI is InChI=1S/C14H24N4O/c1-2-16-14(19)11-15-10-12-8-9-18(17-12)13-6-4-3-5-7-13/h8-9,13,15H,2-7,10-11H2,1H3,(H,16,19). The van der Waals surface area contributed by atoms with Gasteiger partial charge in [-0.2, -0.15) is 5.10 Å². The normalized spacial score (nSPS) is 16.5. The molecule has 1 saturated carbocycles. The summed E-state index contributed by atoms with van der Waals surface area (Å²) in [5.74, 6) is 0.0363. The molecule has 0 unspecified atom stereocenters. The monoisotopic (exact) mass is 264 g/mol. The Morgan fingerprint density at radius 2 is 2.21 bits per heavy atom. The second kappa shape index (κ2) is 7.28. The number of carbonyl (C=O) groups excluding carboxylic acids is 1. The highest BCUT2D eigenvalue weighted by atomic mass is 16.1. The molecule has 5 nitrogen and oxygen atoms in total. The molecule has 106 valence electrons. The first-order chi connectivity index (χ1) is 9.29. The van der Waals surface area contributed by atoms with Crippen LogP contribution in [0.5, 0.6) is 0 Å². The summed E-state index contributed by atoms with van der Waals surface area (Å²) in [4.78, 5) is 11.3. The van der Waals surface area contributed by atoms with Crippen molar-refractivity contribution in [3.8, 4) is 0 Å². The van der Waals surface area contributed by atoms with E-state index in [0.29, 0.717) is 25.7 Å². The lowest BCUT2D eigenvalue weighted by Crippen LogP contribution is -2.33. The molecule has 2 rings (SSSR count). The van der Waals surface area contributed by atoms with E-state index in [-0.39, 0.29) is 5.91 Å². The Morgan fingerprint density at radius 3 is 2.95 bits per heavy atom. The van der Waals surface area contributed by atoms with Gasteiger partial charge in [0.25, 0.3) is 0 Å². The largest absolute Gasteiger partial charge is 0.355 e. The first-order valence-corrected chi connectivity index (χ1v) is 7.31. The average Bonchev–Trinajstić information content (AvgIpc) is 2.89. The van der Waals surface area contributed by atoms with Gasteiger partial charge in [0.2, 0.25) is 5.91 Å². The molecule has 0 spiro atoms. The minimum Gasteiger partial charge on any atom is -0.355 e. The Bertz CT molecular complexity index is 396. The van der Waals surface area contributed by atoms with Gasteiger partial charge in [-0.15, -0.1) is 0 Å². The third kappa shape index (κ3) is 4.35. The highest BCUT2D eigenvalue weighted by molar-refractivity contribution is 5.77. The van der Waals surface area contributed by atoms with Gasteiger partial charge in [0.1, 0.15) is 0 Å². The Kier molecular flexibility index (Phi) is 5.39. The SMILES string of the molecule is CCNC(=O)CNCc1ccn(C2CCCCC2)n1. The van der Waals surface area contributed by atoms with Crippen molar-refractivity contribution in [2.24, 2.45) is 0 Å². The topological polar surface area (TPSA) is 59.0 Å². The molecular formula is C14H24N4O. The minimum absolute atomic E-state index is 0.0363. The number of nitrogens with zero attached hydrogens (tertiary/aromatic N) is 2. The Balaban J connectivity index is 1.75. The van der Waals surface area contributed by atoms with Crippen molar-refractivity contribution in [2.75, 3.05) is 13.1 Å². The van der Waals surface area contributed by atoms with Crippen LogP contribution >= 0.6 is 0 Å². The van der Waals surface area contributed by atoms with Crippen LogP contribution < -0.4 is 10.6 Å². The van der Waals surface area contributed by atoms with Gasteiger partial charge in [-0.25, -0.2) is 0 Å². The van der Waals surface area contributed by atoms with Crippen LogP contribution in [0.25, 0.3) is 0 Å². The van der Waals surface area contributed by atoms with Gasteiger partial charge in [0.15, 0.2) is 0 Å². The van der Waals surface area contributed by atoms with Crippen molar-refractivity contribution in [1.82, 2.24) is 20.4 Å². The highest BCUT2D eigenvalue weighted by Crippen LogP contribution is 2.27. The average molecular weight is 264 g/mol. The van der Waals surface area contributed by atoms with Gasteiger partial charge in [0, 0.05) is 19.3 Å². The van der Waals surface area contributed by atoms with E-state index in [4.69, 9.17) is 0 Å². The molecule has 19 heavy (non-hydrogen) atoms. The molecule has 0 radical (unpaired) electrons. The van der Waals surface area contributed by atoms with Crippen LogP contribution in [-0.4, -0.2) is 28.8 Å². The van der Waals surface area contributed by atoms with Crippen molar-refractivity contribution >= 4 is 5.91 Å². The van der Waals surface area contributed by atoms with E-state index >= 15 is 0 Å². The van der Waals surface area contributed by atoms with E-state index in [9.17, 15) is 4.79 Å². The minimum atomic E-state index is 0.0363. The van der Waals surface area contributed by atoms with Crippen molar-refractivity contribution in [3.63, 3.8) is 0 Å². The van der Waals surface area contributed by atoms with Gasteiger partial charge >= 0.3 is 0 Å². The third-order valence-corrected chi connectivity index (χ3v) is 3.58. The molecule has 0 atom stereocenters. The number of nitrogens with one attached hydrogen (secondary N) is 2. The Labute approximate surface area is 114 Å². The first-order valence-electron chi connectivity index (χ1n) is 7.31. The number of likely N-dealkylation sites (N-methyl/N-ethyl adjacent to an activating group) is 1. The quantitative estimate of drug-likeness (QED) is 0.820. The number of aromatic nitrogens is 2. The van der Waals surface area contributed by atoms with Gasteiger partial charge in [0.05, 0.1) is 18.3 Å². The first kappa shape index (κ1) is 14.1. The summed E-state index contributed by atoms with van der Waals surface area (Å²) < 4.78 is 2.10. The summed E-state index contributed by atoms with van der Waals surface area (Å²) in [6, 6.07) is 2.62. The molecule has 1 amide bonds. The number of hydrogen-bond donors (Lipinski definition) is 2. The predicted molar refractivity (Wildman–Crippen MR) is 74.7 cm³/mol. The van der Waals surface area contributed by atoms with E-state index < -0.39 is 0 Å². The molecule has 1 fully saturated rings. The van der Waals surface area contributed by atoms with Crippen LogP contribution in [0.15, 0.2) is 12.3 Å². The Hall–Kier alpha value is -1.36. The summed E-state index contributed by atoms with van der Waals surface area (Å²) in [7, 11) is 0. The molecule has 1 aliphatic rings. The third-order valence-electron chi connectivity index (χ3n) is 3.58. The number of amides is 1. The lowest BCUT2D eigenvalue weighted by molar-refractivity contribution is -0.120. The Morgan fingerprint density at radius 1 is 1.42 bits per heavy atom. The van der Waals surface area contributed by atoms with Gasteiger partial charge < -0.3 is 10.6 Å². The molecule has 1 aromatic rings.